The lowest BCUT2D eigenvalue weighted by atomic mass is 9.99. The van der Waals surface area contributed by atoms with E-state index < -0.39 is 5.91 Å². The summed E-state index contributed by atoms with van der Waals surface area (Å²) in [6, 6.07) is 0. The fourth-order valence-corrected chi connectivity index (χ4v) is 4.44. The highest BCUT2D eigenvalue weighted by molar-refractivity contribution is 7.21. The maximum absolute atomic E-state index is 11.6. The Hall–Kier alpha value is -2.61. The number of aromatic amines is 1. The van der Waals surface area contributed by atoms with Crippen molar-refractivity contribution >= 4 is 38.7 Å². The molecular weight excluding hydrogens is 336 g/mol. The van der Waals surface area contributed by atoms with Crippen molar-refractivity contribution in [1.29, 1.82) is 0 Å². The van der Waals surface area contributed by atoms with Gasteiger partial charge in [0.2, 0.25) is 0 Å². The lowest BCUT2D eigenvalue weighted by Crippen LogP contribution is -2.31. The number of carbonyl (C=O) groups excluding carboxylic acids is 1. The van der Waals surface area contributed by atoms with Gasteiger partial charge in [0.15, 0.2) is 0 Å². The third kappa shape index (κ3) is 2.44. The van der Waals surface area contributed by atoms with Crippen molar-refractivity contribution in [2.45, 2.75) is 32.7 Å². The molecule has 7 nitrogen and oxygen atoms in total. The summed E-state index contributed by atoms with van der Waals surface area (Å²) < 4.78 is 0.880. The molecule has 1 aliphatic heterocycles. The first kappa shape index (κ1) is 15.9. The third-order valence-electron chi connectivity index (χ3n) is 4.69. The Morgan fingerprint density at radius 2 is 2.20 bits per heavy atom. The van der Waals surface area contributed by atoms with Crippen LogP contribution in [0.2, 0.25) is 0 Å². The van der Waals surface area contributed by atoms with E-state index >= 15 is 0 Å². The Bertz CT molecular complexity index is 973. The average Bonchev–Trinajstić information content (AvgIpc) is 3.15. The van der Waals surface area contributed by atoms with Gasteiger partial charge in [-0.15, -0.1) is 11.3 Å². The molecule has 8 heteroatoms. The van der Waals surface area contributed by atoms with Gasteiger partial charge in [-0.25, -0.2) is 0 Å². The van der Waals surface area contributed by atoms with E-state index in [0.717, 1.165) is 41.0 Å². The van der Waals surface area contributed by atoms with Gasteiger partial charge < -0.3 is 16.4 Å². The van der Waals surface area contributed by atoms with Gasteiger partial charge in [0.05, 0.1) is 28.0 Å². The third-order valence-corrected chi connectivity index (χ3v) is 5.85. The van der Waals surface area contributed by atoms with Crippen LogP contribution in [0.1, 0.15) is 46.4 Å². The van der Waals surface area contributed by atoms with Crippen molar-refractivity contribution in [3.8, 4) is 0 Å². The molecule has 5 N–H and O–H groups in total. The van der Waals surface area contributed by atoms with Crippen LogP contribution in [0.15, 0.2) is 12.4 Å². The first-order valence-corrected chi connectivity index (χ1v) is 9.05. The molecule has 0 saturated heterocycles. The second-order valence-electron chi connectivity index (χ2n) is 6.63. The number of thiophene rings is 1. The van der Waals surface area contributed by atoms with Crippen LogP contribution in [-0.2, 0) is 13.0 Å². The van der Waals surface area contributed by atoms with Gasteiger partial charge >= 0.3 is 0 Å². The molecule has 0 aromatic carbocycles. The number of fused-ring (bicyclic) bond motifs is 2. The fourth-order valence-electron chi connectivity index (χ4n) is 3.48. The standard InChI is InChI=1S/C17H20N6OS/c1-8(2)15-9-7-23(4-3-10(9)21-22-15)11-5-20-6-12-13(11)14(18)16(25-12)17(19)24/h5-6,8H,3-4,7,18H2,1-2H3,(H2,19,24)(H,21,22). The molecule has 0 aliphatic carbocycles. The van der Waals surface area contributed by atoms with Gasteiger partial charge in [-0.2, -0.15) is 5.10 Å². The number of nitrogens with zero attached hydrogens (tertiary/aromatic N) is 3. The van der Waals surface area contributed by atoms with Crippen LogP contribution < -0.4 is 16.4 Å². The van der Waals surface area contributed by atoms with Crippen molar-refractivity contribution in [2.75, 3.05) is 17.2 Å². The molecule has 4 rings (SSSR count). The summed E-state index contributed by atoms with van der Waals surface area (Å²) in [4.78, 5) is 18.6. The van der Waals surface area contributed by atoms with Crippen LogP contribution in [0.4, 0.5) is 11.4 Å². The van der Waals surface area contributed by atoms with Crippen molar-refractivity contribution in [1.82, 2.24) is 15.2 Å². The highest BCUT2D eigenvalue weighted by Gasteiger charge is 2.26. The van der Waals surface area contributed by atoms with E-state index in [0.29, 0.717) is 16.5 Å². The zero-order valence-corrected chi connectivity index (χ0v) is 15.0. The first-order valence-electron chi connectivity index (χ1n) is 8.24. The summed E-state index contributed by atoms with van der Waals surface area (Å²) in [5.41, 5.74) is 16.7. The van der Waals surface area contributed by atoms with Gasteiger partial charge in [0.25, 0.3) is 5.91 Å². The van der Waals surface area contributed by atoms with Crippen LogP contribution >= 0.6 is 11.3 Å². The lowest BCUT2D eigenvalue weighted by molar-refractivity contribution is 0.100. The predicted molar refractivity (Wildman–Crippen MR) is 100.0 cm³/mol. The predicted octanol–water partition coefficient (Wildman–Crippen LogP) is 2.39. The van der Waals surface area contributed by atoms with Crippen molar-refractivity contribution in [3.05, 3.63) is 34.2 Å². The normalized spacial score (nSPS) is 14.3. The van der Waals surface area contributed by atoms with E-state index in [1.165, 1.54) is 22.6 Å². The molecule has 0 radical (unpaired) electrons. The number of H-pyrrole nitrogens is 1. The summed E-state index contributed by atoms with van der Waals surface area (Å²) >= 11 is 1.30. The molecule has 0 saturated carbocycles. The molecule has 0 fully saturated rings. The smallest absolute Gasteiger partial charge is 0.260 e. The van der Waals surface area contributed by atoms with E-state index in [-0.39, 0.29) is 0 Å². The Labute approximate surface area is 149 Å². The number of nitrogens with one attached hydrogen (secondary N) is 1. The zero-order valence-electron chi connectivity index (χ0n) is 14.2. The molecule has 1 aliphatic rings. The Balaban J connectivity index is 1.80. The molecule has 3 aromatic rings. The molecule has 1 amide bonds. The van der Waals surface area contributed by atoms with Crippen LogP contribution in [-0.4, -0.2) is 27.6 Å². The Morgan fingerprint density at radius 1 is 1.40 bits per heavy atom. The number of primary amides is 1. The zero-order chi connectivity index (χ0) is 17.7. The van der Waals surface area contributed by atoms with Crippen LogP contribution in [0, 0.1) is 0 Å². The highest BCUT2D eigenvalue weighted by Crippen LogP contribution is 2.40. The highest BCUT2D eigenvalue weighted by atomic mass is 32.1. The minimum absolute atomic E-state index is 0.363. The largest absolute Gasteiger partial charge is 0.397 e. The number of pyridine rings is 1. The number of nitrogens with two attached hydrogens (primary N) is 2. The van der Waals surface area contributed by atoms with E-state index in [1.807, 2.05) is 6.20 Å². The number of aromatic nitrogens is 3. The first-order chi connectivity index (χ1) is 12.0. The molecular formula is C17H20N6OS. The van der Waals surface area contributed by atoms with E-state index in [2.05, 4.69) is 33.9 Å². The SMILES string of the molecule is CC(C)c1n[nH]c2c1CN(c1cncc3sc(C(N)=O)c(N)c13)CC2. The minimum Gasteiger partial charge on any atom is -0.397 e. The minimum atomic E-state index is -0.498. The van der Waals surface area contributed by atoms with Crippen LogP contribution in [0.3, 0.4) is 0 Å². The van der Waals surface area contributed by atoms with Gasteiger partial charge in [0, 0.05) is 42.4 Å². The second kappa shape index (κ2) is 5.73. The Morgan fingerprint density at radius 3 is 2.92 bits per heavy atom. The number of hydrogen-bond donors (Lipinski definition) is 3. The number of carbonyl (C=O) groups is 1. The topological polar surface area (TPSA) is 114 Å². The molecule has 25 heavy (non-hydrogen) atoms. The second-order valence-corrected chi connectivity index (χ2v) is 7.69. The molecule has 0 unspecified atom stereocenters. The Kier molecular flexibility index (Phi) is 3.64. The van der Waals surface area contributed by atoms with Crippen LogP contribution in [0.5, 0.6) is 0 Å². The number of nitrogen functional groups attached to an aromatic ring is 1. The summed E-state index contributed by atoms with van der Waals surface area (Å²) in [5, 5.41) is 8.52. The number of hydrogen-bond acceptors (Lipinski definition) is 6. The van der Waals surface area contributed by atoms with Gasteiger partial charge in [-0.3, -0.25) is 14.9 Å². The molecule has 4 heterocycles. The van der Waals surface area contributed by atoms with Gasteiger partial charge in [-0.05, 0) is 5.92 Å². The fraction of sp³-hybridized carbons (Fsp3) is 0.353. The van der Waals surface area contributed by atoms with Crippen molar-refractivity contribution in [3.63, 3.8) is 0 Å². The lowest BCUT2D eigenvalue weighted by Gasteiger charge is -2.30. The summed E-state index contributed by atoms with van der Waals surface area (Å²) in [6.45, 7) is 5.89. The van der Waals surface area contributed by atoms with E-state index in [1.54, 1.807) is 6.20 Å². The number of amides is 1. The van der Waals surface area contributed by atoms with Crippen molar-refractivity contribution < 1.29 is 4.79 Å². The van der Waals surface area contributed by atoms with Crippen molar-refractivity contribution in [2.24, 2.45) is 5.73 Å². The van der Waals surface area contributed by atoms with Crippen LogP contribution in [0.25, 0.3) is 10.1 Å². The summed E-state index contributed by atoms with van der Waals surface area (Å²) in [5.74, 6) is -0.135. The summed E-state index contributed by atoms with van der Waals surface area (Å²) in [6.07, 6.45) is 4.44. The monoisotopic (exact) mass is 356 g/mol. The number of rotatable bonds is 3. The maximum Gasteiger partial charge on any atom is 0.260 e. The molecule has 130 valence electrons. The van der Waals surface area contributed by atoms with Gasteiger partial charge in [-0.1, -0.05) is 13.8 Å². The maximum atomic E-state index is 11.6. The van der Waals surface area contributed by atoms with E-state index in [9.17, 15) is 4.79 Å². The molecule has 0 atom stereocenters. The average molecular weight is 356 g/mol. The van der Waals surface area contributed by atoms with Gasteiger partial charge in [0.1, 0.15) is 4.88 Å². The molecule has 0 spiro atoms. The summed E-state index contributed by atoms with van der Waals surface area (Å²) in [7, 11) is 0. The molecule has 3 aromatic heterocycles. The molecule has 0 bridgehead atoms. The quantitative estimate of drug-likeness (QED) is 0.667. The van der Waals surface area contributed by atoms with E-state index in [4.69, 9.17) is 11.5 Å². The number of anilines is 2.